The quantitative estimate of drug-likeness (QED) is 0.104. The summed E-state index contributed by atoms with van der Waals surface area (Å²) < 4.78 is 0. The highest BCUT2D eigenvalue weighted by atomic mass is 16.2. The van der Waals surface area contributed by atoms with Gasteiger partial charge >= 0.3 is 0 Å². The number of hydrogen-bond acceptors (Lipinski definition) is 9. The largest absolute Gasteiger partial charge is 0.321 e. The van der Waals surface area contributed by atoms with Crippen LogP contribution in [0.4, 0.5) is 51.2 Å². The Morgan fingerprint density at radius 3 is 0.783 bits per heavy atom. The maximum atomic E-state index is 14.4. The van der Waals surface area contributed by atoms with Crippen LogP contribution in [0.3, 0.4) is 0 Å². The SMILES string of the molecule is O=C(Nc1ccc(/N=N/c2ccccc2)c2ccccc12)c1cc(C(=O)Nc2ccc(/N=N/c3ccccc3)c3ccccc23)cc(C(=O)Nc2ccc(/N=N/c3ccccc3)c3ccccc23)c1. The lowest BCUT2D eigenvalue weighted by Gasteiger charge is -2.15. The summed E-state index contributed by atoms with van der Waals surface area (Å²) in [4.78, 5) is 43.3. The van der Waals surface area contributed by atoms with Gasteiger partial charge in [-0.1, -0.05) is 127 Å². The molecule has 0 radical (unpaired) electrons. The van der Waals surface area contributed by atoms with Crippen LogP contribution in [0.2, 0.25) is 0 Å². The van der Waals surface area contributed by atoms with Crippen molar-refractivity contribution in [2.45, 2.75) is 0 Å². The average Bonchev–Trinajstić information content (AvgIpc) is 3.41. The van der Waals surface area contributed by atoms with Crippen LogP contribution in [0.25, 0.3) is 32.3 Å². The first-order valence-electron chi connectivity index (χ1n) is 22.0. The monoisotopic (exact) mass is 897 g/mol. The van der Waals surface area contributed by atoms with Gasteiger partial charge in [0.15, 0.2) is 0 Å². The van der Waals surface area contributed by atoms with Gasteiger partial charge in [-0.2, -0.15) is 15.3 Å². The minimum atomic E-state index is -0.542. The van der Waals surface area contributed by atoms with E-state index in [4.69, 9.17) is 0 Å². The Labute approximate surface area is 395 Å². The van der Waals surface area contributed by atoms with Crippen LogP contribution in [0.15, 0.2) is 249 Å². The van der Waals surface area contributed by atoms with Crippen LogP contribution in [0, 0.1) is 0 Å². The second kappa shape index (κ2) is 19.7. The van der Waals surface area contributed by atoms with Gasteiger partial charge in [0.1, 0.15) is 0 Å². The van der Waals surface area contributed by atoms with Crippen LogP contribution in [0.5, 0.6) is 0 Å². The third-order valence-electron chi connectivity index (χ3n) is 11.3. The summed E-state index contributed by atoms with van der Waals surface area (Å²) in [5.41, 5.74) is 5.69. The van der Waals surface area contributed by atoms with Crippen LogP contribution in [-0.2, 0) is 0 Å². The molecule has 0 heterocycles. The second-order valence-electron chi connectivity index (χ2n) is 15.8. The number of fused-ring (bicyclic) bond motifs is 3. The molecule has 10 aromatic rings. The summed E-state index contributed by atoms with van der Waals surface area (Å²) in [7, 11) is 0. The zero-order chi connectivity index (χ0) is 46.9. The van der Waals surface area contributed by atoms with Gasteiger partial charge in [-0.3, -0.25) is 14.4 Å². The van der Waals surface area contributed by atoms with Crippen LogP contribution in [-0.4, -0.2) is 17.7 Å². The molecule has 0 spiro atoms. The van der Waals surface area contributed by atoms with Crippen molar-refractivity contribution in [3.8, 4) is 0 Å². The van der Waals surface area contributed by atoms with E-state index in [2.05, 4.69) is 46.6 Å². The molecule has 0 saturated carbocycles. The predicted molar refractivity (Wildman–Crippen MR) is 274 cm³/mol. The molecule has 3 N–H and O–H groups in total. The molecule has 3 amide bonds. The van der Waals surface area contributed by atoms with Crippen molar-refractivity contribution in [2.75, 3.05) is 16.0 Å². The van der Waals surface area contributed by atoms with Crippen LogP contribution >= 0.6 is 0 Å². The molecule has 0 aliphatic carbocycles. The number of benzene rings is 10. The highest BCUT2D eigenvalue weighted by molar-refractivity contribution is 6.17. The number of carbonyl (C=O) groups excluding carboxylic acids is 3. The lowest BCUT2D eigenvalue weighted by atomic mass is 10.0. The number of anilines is 3. The zero-order valence-corrected chi connectivity index (χ0v) is 36.7. The van der Waals surface area contributed by atoms with Gasteiger partial charge in [0.25, 0.3) is 17.7 Å². The van der Waals surface area contributed by atoms with E-state index >= 15 is 0 Å². The number of carbonyl (C=O) groups is 3. The maximum Gasteiger partial charge on any atom is 0.255 e. The van der Waals surface area contributed by atoms with Crippen molar-refractivity contribution in [3.63, 3.8) is 0 Å². The molecule has 0 bridgehead atoms. The molecule has 0 atom stereocenters. The smallest absolute Gasteiger partial charge is 0.255 e. The first-order valence-corrected chi connectivity index (χ1v) is 22.0. The summed E-state index contributed by atoms with van der Waals surface area (Å²) in [5, 5.41) is 40.3. The van der Waals surface area contributed by atoms with E-state index < -0.39 is 17.7 Å². The second-order valence-corrected chi connectivity index (χ2v) is 15.8. The van der Waals surface area contributed by atoms with Crippen LogP contribution < -0.4 is 16.0 Å². The fourth-order valence-corrected chi connectivity index (χ4v) is 7.86. The molecule has 12 heteroatoms. The van der Waals surface area contributed by atoms with E-state index in [1.54, 1.807) is 36.4 Å². The zero-order valence-electron chi connectivity index (χ0n) is 36.7. The maximum absolute atomic E-state index is 14.4. The van der Waals surface area contributed by atoms with Gasteiger partial charge in [0, 0.05) is 66.1 Å². The summed E-state index contributed by atoms with van der Waals surface area (Å²) in [6.45, 7) is 0. The molecule has 0 aromatic heterocycles. The third-order valence-corrected chi connectivity index (χ3v) is 11.3. The van der Waals surface area contributed by atoms with Crippen LogP contribution in [0.1, 0.15) is 31.1 Å². The Morgan fingerprint density at radius 1 is 0.261 bits per heavy atom. The number of amides is 3. The van der Waals surface area contributed by atoms with Crippen molar-refractivity contribution >= 4 is 101 Å². The fraction of sp³-hybridized carbons (Fsp3) is 0. The lowest BCUT2D eigenvalue weighted by Crippen LogP contribution is -2.19. The molecule has 0 fully saturated rings. The highest BCUT2D eigenvalue weighted by Crippen LogP contribution is 2.36. The van der Waals surface area contributed by atoms with Gasteiger partial charge in [-0.25, -0.2) is 0 Å². The molecule has 0 aliphatic heterocycles. The fourth-order valence-electron chi connectivity index (χ4n) is 7.86. The topological polar surface area (TPSA) is 161 Å². The summed E-state index contributed by atoms with van der Waals surface area (Å²) in [5.74, 6) is -1.63. The van der Waals surface area contributed by atoms with E-state index in [0.717, 1.165) is 32.3 Å². The van der Waals surface area contributed by atoms with Crippen molar-refractivity contribution < 1.29 is 14.4 Å². The molecule has 0 saturated heterocycles. The van der Waals surface area contributed by atoms with Gasteiger partial charge in [-0.15, -0.1) is 15.3 Å². The number of hydrogen-bond donors (Lipinski definition) is 3. The Kier molecular flexibility index (Phi) is 12.3. The summed E-state index contributed by atoms with van der Waals surface area (Å²) in [6, 6.07) is 65.9. The molecule has 10 aromatic carbocycles. The summed E-state index contributed by atoms with van der Waals surface area (Å²) >= 11 is 0. The van der Waals surface area contributed by atoms with Crippen molar-refractivity contribution in [3.05, 3.63) is 235 Å². The molecule has 0 aliphatic rings. The summed E-state index contributed by atoms with van der Waals surface area (Å²) in [6.07, 6.45) is 0. The van der Waals surface area contributed by atoms with Crippen molar-refractivity contribution in [1.82, 2.24) is 0 Å². The van der Waals surface area contributed by atoms with E-state index in [-0.39, 0.29) is 16.7 Å². The van der Waals surface area contributed by atoms with Gasteiger partial charge in [-0.05, 0) is 91.0 Å². The van der Waals surface area contributed by atoms with Crippen molar-refractivity contribution in [2.24, 2.45) is 30.7 Å². The van der Waals surface area contributed by atoms with E-state index in [9.17, 15) is 14.4 Å². The lowest BCUT2D eigenvalue weighted by molar-refractivity contribution is 0.102. The minimum Gasteiger partial charge on any atom is -0.321 e. The normalized spacial score (nSPS) is 11.5. The standard InChI is InChI=1S/C57H39N9O3/c67-55(58-49-28-31-52(46-25-13-10-22-43(46)49)64-61-40-16-4-1-5-17-40)37-34-38(56(68)59-50-29-32-53(47-26-14-11-23-44(47)50)65-62-41-18-6-2-7-19-41)36-39(35-37)57(69)60-51-30-33-54(48-27-15-12-24-45(48)51)66-63-42-20-8-3-9-21-42/h1-36H,(H,58,67)(H,59,68)(H,60,69)/b64-61+,65-62+,66-63+. The van der Waals surface area contributed by atoms with Gasteiger partial charge in [0.2, 0.25) is 0 Å². The minimum absolute atomic E-state index is 0.0766. The average molecular weight is 898 g/mol. The van der Waals surface area contributed by atoms with E-state index in [1.165, 1.54) is 18.2 Å². The number of nitrogens with zero attached hydrogens (tertiary/aromatic N) is 6. The molecule has 330 valence electrons. The van der Waals surface area contributed by atoms with Gasteiger partial charge in [0.05, 0.1) is 34.1 Å². The number of azo groups is 3. The molecule has 0 unspecified atom stereocenters. The Balaban J connectivity index is 0.988. The molecule has 12 nitrogen and oxygen atoms in total. The number of rotatable bonds is 12. The Hall–Kier alpha value is -9.81. The first-order chi connectivity index (χ1) is 33.9. The highest BCUT2D eigenvalue weighted by Gasteiger charge is 2.20. The third kappa shape index (κ3) is 9.76. The van der Waals surface area contributed by atoms with Gasteiger partial charge < -0.3 is 16.0 Å². The first kappa shape index (κ1) is 43.1. The molecular formula is C57H39N9O3. The van der Waals surface area contributed by atoms with E-state index in [1.807, 2.05) is 164 Å². The number of nitrogens with one attached hydrogen (secondary N) is 3. The Bertz CT molecular complexity index is 3260. The molecular weight excluding hydrogens is 859 g/mol. The molecule has 10 rings (SSSR count). The van der Waals surface area contributed by atoms with E-state index in [0.29, 0.717) is 51.2 Å². The molecule has 69 heavy (non-hydrogen) atoms. The predicted octanol–water partition coefficient (Wildman–Crippen LogP) is 16.1. The Morgan fingerprint density at radius 2 is 0.507 bits per heavy atom. The van der Waals surface area contributed by atoms with Crippen molar-refractivity contribution in [1.29, 1.82) is 0 Å².